The molecule has 6 heteroatoms. The second kappa shape index (κ2) is 4.66. The molecule has 0 fully saturated rings. The van der Waals surface area contributed by atoms with Gasteiger partial charge in [0.25, 0.3) is 0 Å². The zero-order valence-corrected chi connectivity index (χ0v) is 11.4. The Balaban J connectivity index is 2.76. The van der Waals surface area contributed by atoms with E-state index in [0.717, 1.165) is 6.26 Å². The summed E-state index contributed by atoms with van der Waals surface area (Å²) in [7, 11) is -3.49. The molecular formula is C12H11ClN2O2S. The summed E-state index contributed by atoms with van der Waals surface area (Å²) in [5.74, 6) is 0. The van der Waals surface area contributed by atoms with Crippen LogP contribution in [0, 0.1) is 6.92 Å². The molecule has 4 nitrogen and oxygen atoms in total. The lowest BCUT2D eigenvalue weighted by Gasteiger charge is -2.07. The van der Waals surface area contributed by atoms with Gasteiger partial charge < -0.3 is 0 Å². The predicted octanol–water partition coefficient (Wildman–Crippen LogP) is 2.51. The lowest BCUT2D eigenvalue weighted by molar-refractivity contribution is 0.602. The van der Waals surface area contributed by atoms with Gasteiger partial charge in [0.2, 0.25) is 0 Å². The molecule has 0 unspecified atom stereocenters. The Hall–Kier alpha value is -1.46. The molecule has 18 heavy (non-hydrogen) atoms. The van der Waals surface area contributed by atoms with Crippen molar-refractivity contribution in [1.29, 1.82) is 0 Å². The molecule has 2 heterocycles. The van der Waals surface area contributed by atoms with Crippen LogP contribution in [0.1, 0.15) is 7.06 Å². The minimum Gasteiger partial charge on any atom is -0.261 e. The van der Waals surface area contributed by atoms with Crippen LogP contribution < -0.4 is 0 Å². The van der Waals surface area contributed by atoms with Gasteiger partial charge in [0, 0.05) is 29.9 Å². The smallest absolute Gasteiger partial charge is 0.177 e. The number of hydrogen-bond acceptors (Lipinski definition) is 4. The number of nitrogens with zero attached hydrogens (tertiary/aromatic N) is 2. The van der Waals surface area contributed by atoms with Gasteiger partial charge in [-0.1, -0.05) is 11.6 Å². The minimum absolute atomic E-state index is 0.000784. The fourth-order valence-corrected chi connectivity index (χ4v) is 2.54. The van der Waals surface area contributed by atoms with Gasteiger partial charge in [-0.2, -0.15) is 0 Å². The van der Waals surface area contributed by atoms with Crippen LogP contribution >= 0.6 is 11.6 Å². The normalized spacial score (nSPS) is 12.3. The highest BCUT2D eigenvalue weighted by Gasteiger charge is 2.16. The first kappa shape index (κ1) is 11.6. The van der Waals surface area contributed by atoms with Crippen molar-refractivity contribution in [2.24, 2.45) is 0 Å². The predicted molar refractivity (Wildman–Crippen MR) is 70.3 cm³/mol. The second-order valence-electron chi connectivity index (χ2n) is 3.87. The van der Waals surface area contributed by atoms with Gasteiger partial charge in [0.05, 0.1) is 17.0 Å². The first-order valence-electron chi connectivity index (χ1n) is 5.58. The third-order valence-corrected chi connectivity index (χ3v) is 3.62. The van der Waals surface area contributed by atoms with E-state index < -0.39 is 9.84 Å². The Labute approximate surface area is 112 Å². The molecule has 0 bridgehead atoms. The van der Waals surface area contributed by atoms with Gasteiger partial charge in [0.15, 0.2) is 9.84 Å². The van der Waals surface area contributed by atoms with E-state index in [1.165, 1.54) is 18.5 Å². The van der Waals surface area contributed by atoms with Crippen molar-refractivity contribution in [2.75, 3.05) is 6.26 Å². The Morgan fingerprint density at radius 1 is 1.33 bits per heavy atom. The molecule has 0 saturated carbocycles. The quantitative estimate of drug-likeness (QED) is 0.850. The lowest BCUT2D eigenvalue weighted by Crippen LogP contribution is -2.02. The Kier molecular flexibility index (Phi) is 3.01. The fraction of sp³-hybridized carbons (Fsp3) is 0.167. The largest absolute Gasteiger partial charge is 0.261 e. The van der Waals surface area contributed by atoms with Crippen molar-refractivity contribution in [2.45, 2.75) is 11.8 Å². The van der Waals surface area contributed by atoms with E-state index in [-0.39, 0.29) is 21.7 Å². The first-order valence-corrected chi connectivity index (χ1v) is 7.35. The summed E-state index contributed by atoms with van der Waals surface area (Å²) in [5.41, 5.74) is 1.25. The van der Waals surface area contributed by atoms with Crippen LogP contribution in [0.2, 0.25) is 5.02 Å². The highest BCUT2D eigenvalue weighted by atomic mass is 35.5. The molecule has 0 radical (unpaired) electrons. The maximum atomic E-state index is 11.8. The molecule has 2 rings (SSSR count). The highest BCUT2D eigenvalue weighted by molar-refractivity contribution is 7.90. The summed E-state index contributed by atoms with van der Waals surface area (Å²) in [6.45, 7) is 1.76. The zero-order chi connectivity index (χ0) is 14.2. The number of aromatic nitrogens is 2. The second-order valence-corrected chi connectivity index (χ2v) is 6.29. The van der Waals surface area contributed by atoms with E-state index in [4.69, 9.17) is 13.0 Å². The molecule has 0 amide bonds. The van der Waals surface area contributed by atoms with E-state index >= 15 is 0 Å². The maximum absolute atomic E-state index is 11.8. The van der Waals surface area contributed by atoms with Crippen molar-refractivity contribution in [3.8, 4) is 11.3 Å². The van der Waals surface area contributed by atoms with Crippen LogP contribution in [0.15, 0.2) is 35.5 Å². The summed E-state index contributed by atoms with van der Waals surface area (Å²) in [5, 5.41) is 0.232. The molecule has 0 atom stereocenters. The van der Waals surface area contributed by atoms with E-state index in [0.29, 0.717) is 11.3 Å². The van der Waals surface area contributed by atoms with Gasteiger partial charge in [0.1, 0.15) is 0 Å². The third-order valence-electron chi connectivity index (χ3n) is 2.31. The molecule has 2 aromatic rings. The number of sulfone groups is 1. The number of aryl methyl sites for hydroxylation is 1. The number of pyridine rings is 2. The number of halogens is 1. The summed E-state index contributed by atoms with van der Waals surface area (Å²) < 4.78 is 31.5. The van der Waals surface area contributed by atoms with Crippen molar-refractivity contribution in [3.05, 3.63) is 41.3 Å². The molecule has 0 saturated heterocycles. The monoisotopic (exact) mass is 284 g/mol. The maximum Gasteiger partial charge on any atom is 0.177 e. The van der Waals surface area contributed by atoms with Crippen LogP contribution in [-0.2, 0) is 9.84 Å². The van der Waals surface area contributed by atoms with Crippen molar-refractivity contribution >= 4 is 21.4 Å². The topological polar surface area (TPSA) is 59.9 Å². The molecule has 0 N–H and O–H groups in total. The minimum atomic E-state index is -3.49. The molecule has 0 aliphatic rings. The molecule has 0 aliphatic heterocycles. The Bertz CT molecular complexity index is 747. The Morgan fingerprint density at radius 2 is 2.06 bits per heavy atom. The number of rotatable bonds is 2. The third kappa shape index (κ3) is 2.68. The van der Waals surface area contributed by atoms with Crippen LogP contribution in [0.4, 0.5) is 0 Å². The summed E-state index contributed by atoms with van der Waals surface area (Å²) in [6.07, 6.45) is 3.88. The van der Waals surface area contributed by atoms with Crippen molar-refractivity contribution < 1.29 is 9.79 Å². The van der Waals surface area contributed by atoms with Crippen LogP contribution in [0.3, 0.4) is 0 Å². The first-order chi connectivity index (χ1) is 8.79. The van der Waals surface area contributed by atoms with Gasteiger partial charge in [-0.15, -0.1) is 0 Å². The summed E-state index contributed by atoms with van der Waals surface area (Å²) in [4.78, 5) is 8.11. The highest BCUT2D eigenvalue weighted by Crippen LogP contribution is 2.27. The van der Waals surface area contributed by atoms with Gasteiger partial charge in [-0.05, 0) is 25.1 Å². The fourth-order valence-electron chi connectivity index (χ4n) is 1.46. The van der Waals surface area contributed by atoms with Crippen LogP contribution in [0.25, 0.3) is 11.3 Å². The average Bonchev–Trinajstić information content (AvgIpc) is 2.28. The van der Waals surface area contributed by atoms with E-state index in [1.54, 1.807) is 13.0 Å². The van der Waals surface area contributed by atoms with Gasteiger partial charge >= 0.3 is 0 Å². The molecule has 0 spiro atoms. The summed E-state index contributed by atoms with van der Waals surface area (Å²) >= 11 is 5.79. The molecule has 0 aromatic carbocycles. The van der Waals surface area contributed by atoms with Crippen LogP contribution in [-0.4, -0.2) is 24.6 Å². The molecule has 2 aromatic heterocycles. The zero-order valence-electron chi connectivity index (χ0n) is 10.8. The standard InChI is InChI=1S/C12H11ClN2O2S/c1-8-3-4-9(6-14-8)12-11(18(2,16)17)5-10(13)7-15-12/h3-7H,1-2H3/i4T. The molecular weight excluding hydrogens is 272 g/mol. The SMILES string of the molecule is [3H]c1cc(C)ncc1-c1ncc(Cl)cc1S(C)(=O)=O. The van der Waals surface area contributed by atoms with Crippen molar-refractivity contribution in [1.82, 2.24) is 9.97 Å². The van der Waals surface area contributed by atoms with Crippen LogP contribution in [0.5, 0.6) is 0 Å². The lowest BCUT2D eigenvalue weighted by atomic mass is 10.2. The molecule has 94 valence electrons. The van der Waals surface area contributed by atoms with E-state index in [1.807, 2.05) is 0 Å². The summed E-state index contributed by atoms with van der Waals surface area (Å²) in [6, 6.07) is 3.06. The van der Waals surface area contributed by atoms with Gasteiger partial charge in [-0.25, -0.2) is 8.42 Å². The van der Waals surface area contributed by atoms with E-state index in [2.05, 4.69) is 9.97 Å². The van der Waals surface area contributed by atoms with E-state index in [9.17, 15) is 8.42 Å². The van der Waals surface area contributed by atoms with Crippen molar-refractivity contribution in [3.63, 3.8) is 0 Å². The molecule has 0 aliphatic carbocycles. The number of hydrogen-bond donors (Lipinski definition) is 0. The average molecular weight is 285 g/mol. The van der Waals surface area contributed by atoms with Gasteiger partial charge in [-0.3, -0.25) is 9.97 Å². The Morgan fingerprint density at radius 3 is 2.67 bits per heavy atom.